The van der Waals surface area contributed by atoms with Gasteiger partial charge in [0.1, 0.15) is 28.6 Å². The molecule has 0 bridgehead atoms. The van der Waals surface area contributed by atoms with Crippen LogP contribution in [0.2, 0.25) is 0 Å². The van der Waals surface area contributed by atoms with Crippen LogP contribution in [-0.2, 0) is 14.2 Å². The van der Waals surface area contributed by atoms with Crippen molar-refractivity contribution in [3.05, 3.63) is 33.4 Å². The highest BCUT2D eigenvalue weighted by atomic mass is 16.6. The maximum atomic E-state index is 12.1. The number of nitro groups is 1. The predicted molar refractivity (Wildman–Crippen MR) is 154 cm³/mol. The van der Waals surface area contributed by atoms with Crippen LogP contribution in [-0.4, -0.2) is 94.7 Å². The van der Waals surface area contributed by atoms with Gasteiger partial charge in [0.2, 0.25) is 0 Å². The molecular formula is C29H45N3O10. The van der Waals surface area contributed by atoms with Crippen LogP contribution in [0.25, 0.3) is 0 Å². The van der Waals surface area contributed by atoms with Gasteiger partial charge < -0.3 is 33.9 Å². The van der Waals surface area contributed by atoms with Gasteiger partial charge in [0.15, 0.2) is 0 Å². The average Bonchev–Trinajstić information content (AvgIpc) is 2.87. The van der Waals surface area contributed by atoms with Crippen LogP contribution in [0.1, 0.15) is 83.1 Å². The summed E-state index contributed by atoms with van der Waals surface area (Å²) in [6.07, 6.45) is 1.28. The van der Waals surface area contributed by atoms with E-state index in [1.807, 2.05) is 41.5 Å². The lowest BCUT2D eigenvalue weighted by Gasteiger charge is -2.33. The fourth-order valence-corrected chi connectivity index (χ4v) is 4.27. The second-order valence-electron chi connectivity index (χ2n) is 12.4. The highest BCUT2D eigenvalue weighted by Gasteiger charge is 2.30. The van der Waals surface area contributed by atoms with Gasteiger partial charge in [-0.15, -0.1) is 0 Å². The number of esters is 1. The molecule has 13 heteroatoms. The normalized spacial score (nSPS) is 16.6. The SMILES string of the molecule is CC(C)(C)OC(=O)N1CCC(O)CC1.COC(=O)c1cc([N+](=O)[O-])c(C)cc1OC1CCN(C(=O)OC(C)(C)C)CC1. The van der Waals surface area contributed by atoms with Crippen LogP contribution in [0.3, 0.4) is 0 Å². The number of benzene rings is 1. The number of carbonyl (C=O) groups excluding carboxylic acids is 3. The summed E-state index contributed by atoms with van der Waals surface area (Å²) >= 11 is 0. The molecule has 1 aromatic carbocycles. The van der Waals surface area contributed by atoms with Gasteiger partial charge in [-0.05, 0) is 67.4 Å². The zero-order valence-electron chi connectivity index (χ0n) is 25.9. The Morgan fingerprint density at radius 2 is 1.33 bits per heavy atom. The maximum Gasteiger partial charge on any atom is 0.410 e. The molecule has 2 amide bonds. The molecule has 42 heavy (non-hydrogen) atoms. The Hall–Kier alpha value is -3.61. The second kappa shape index (κ2) is 14.5. The van der Waals surface area contributed by atoms with E-state index in [1.165, 1.54) is 19.2 Å². The minimum absolute atomic E-state index is 0.00868. The number of rotatable bonds is 4. The Morgan fingerprint density at radius 1 is 0.881 bits per heavy atom. The maximum absolute atomic E-state index is 12.1. The number of methoxy groups -OCH3 is 1. The molecule has 0 unspecified atom stereocenters. The lowest BCUT2D eigenvalue weighted by molar-refractivity contribution is -0.385. The van der Waals surface area contributed by atoms with Crippen molar-refractivity contribution in [1.29, 1.82) is 0 Å². The molecular weight excluding hydrogens is 550 g/mol. The van der Waals surface area contributed by atoms with Crippen molar-refractivity contribution >= 4 is 23.8 Å². The summed E-state index contributed by atoms with van der Waals surface area (Å²) in [4.78, 5) is 49.6. The third kappa shape index (κ3) is 11.0. The number of aryl methyl sites for hydroxylation is 1. The molecule has 0 aromatic heterocycles. The summed E-state index contributed by atoms with van der Waals surface area (Å²) in [5, 5.41) is 20.4. The van der Waals surface area contributed by atoms with E-state index >= 15 is 0 Å². The van der Waals surface area contributed by atoms with E-state index in [4.69, 9.17) is 18.9 Å². The first-order valence-electron chi connectivity index (χ1n) is 14.1. The standard InChI is InChI=1S/C19H26N2O7.C10H19NO3/c1-12-10-16(14(17(22)26-5)11-15(12)21(24)25)27-13-6-8-20(9-7-13)18(23)28-19(2,3)4;1-10(2,3)14-9(13)11-6-4-8(12)5-7-11/h10-11,13H,6-9H2,1-5H3;8,12H,4-7H2,1-3H3. The Morgan fingerprint density at radius 3 is 1.74 bits per heavy atom. The molecule has 1 aromatic rings. The molecule has 3 rings (SSSR count). The monoisotopic (exact) mass is 595 g/mol. The summed E-state index contributed by atoms with van der Waals surface area (Å²) < 4.78 is 21.3. The topological polar surface area (TPSA) is 158 Å². The van der Waals surface area contributed by atoms with Gasteiger partial charge >= 0.3 is 18.2 Å². The third-order valence-electron chi connectivity index (χ3n) is 6.40. The molecule has 2 fully saturated rings. The molecule has 2 aliphatic heterocycles. The van der Waals surface area contributed by atoms with E-state index in [1.54, 1.807) is 16.7 Å². The molecule has 0 atom stereocenters. The van der Waals surface area contributed by atoms with E-state index in [2.05, 4.69) is 0 Å². The van der Waals surface area contributed by atoms with Crippen molar-refractivity contribution in [2.24, 2.45) is 0 Å². The van der Waals surface area contributed by atoms with Crippen molar-refractivity contribution in [1.82, 2.24) is 9.80 Å². The van der Waals surface area contributed by atoms with Crippen molar-refractivity contribution in [3.8, 4) is 5.75 Å². The van der Waals surface area contributed by atoms with Gasteiger partial charge in [-0.2, -0.15) is 0 Å². The van der Waals surface area contributed by atoms with Crippen molar-refractivity contribution in [3.63, 3.8) is 0 Å². The van der Waals surface area contributed by atoms with E-state index in [0.29, 0.717) is 57.4 Å². The Balaban J connectivity index is 0.000000369. The summed E-state index contributed by atoms with van der Waals surface area (Å²) in [5.74, 6) is -0.463. The molecule has 2 saturated heterocycles. The number of hydrogen-bond donors (Lipinski definition) is 1. The van der Waals surface area contributed by atoms with Gasteiger partial charge in [-0.3, -0.25) is 10.1 Å². The van der Waals surface area contributed by atoms with Crippen LogP contribution in [0.4, 0.5) is 15.3 Å². The second-order valence-corrected chi connectivity index (χ2v) is 12.4. The van der Waals surface area contributed by atoms with E-state index in [0.717, 1.165) is 0 Å². The lowest BCUT2D eigenvalue weighted by Crippen LogP contribution is -2.44. The minimum Gasteiger partial charge on any atom is -0.489 e. The molecule has 13 nitrogen and oxygen atoms in total. The quantitative estimate of drug-likeness (QED) is 0.221. The van der Waals surface area contributed by atoms with Gasteiger partial charge in [-0.25, -0.2) is 14.4 Å². The van der Waals surface area contributed by atoms with Crippen molar-refractivity contribution < 1.29 is 43.4 Å². The number of piperidine rings is 2. The number of nitro benzene ring substituents is 1. The molecule has 0 saturated carbocycles. The number of amides is 2. The fourth-order valence-electron chi connectivity index (χ4n) is 4.27. The number of aliphatic hydroxyl groups excluding tert-OH is 1. The summed E-state index contributed by atoms with van der Waals surface area (Å²) in [6.45, 7) is 14.7. The first-order chi connectivity index (χ1) is 19.4. The van der Waals surface area contributed by atoms with Crippen LogP contribution < -0.4 is 4.74 Å². The number of likely N-dealkylation sites (tertiary alicyclic amines) is 2. The molecule has 0 aliphatic carbocycles. The van der Waals surface area contributed by atoms with Gasteiger partial charge in [0.25, 0.3) is 5.69 Å². The predicted octanol–water partition coefficient (Wildman–Crippen LogP) is 4.85. The lowest BCUT2D eigenvalue weighted by atomic mass is 10.1. The number of carbonyl (C=O) groups is 3. The number of hydrogen-bond acceptors (Lipinski definition) is 10. The number of nitrogens with zero attached hydrogens (tertiary/aromatic N) is 3. The molecule has 0 spiro atoms. The number of aliphatic hydroxyl groups is 1. The summed E-state index contributed by atoms with van der Waals surface area (Å²) in [6, 6.07) is 2.65. The summed E-state index contributed by atoms with van der Waals surface area (Å²) in [7, 11) is 1.21. The molecule has 2 heterocycles. The van der Waals surface area contributed by atoms with Crippen molar-refractivity contribution in [2.45, 2.75) is 97.6 Å². The Bertz CT molecular complexity index is 1110. The largest absolute Gasteiger partial charge is 0.489 e. The van der Waals surface area contributed by atoms with E-state index in [-0.39, 0.29) is 41.4 Å². The van der Waals surface area contributed by atoms with Gasteiger partial charge in [0, 0.05) is 50.7 Å². The zero-order valence-corrected chi connectivity index (χ0v) is 25.9. The fraction of sp³-hybridized carbons (Fsp3) is 0.690. The highest BCUT2D eigenvalue weighted by Crippen LogP contribution is 2.31. The zero-order chi connectivity index (χ0) is 31.8. The Labute approximate surface area is 247 Å². The van der Waals surface area contributed by atoms with Gasteiger partial charge in [0.05, 0.1) is 18.1 Å². The van der Waals surface area contributed by atoms with E-state index in [9.17, 15) is 29.6 Å². The minimum atomic E-state index is -0.704. The van der Waals surface area contributed by atoms with Crippen LogP contribution in [0.5, 0.6) is 5.75 Å². The molecule has 1 N–H and O–H groups in total. The first-order valence-corrected chi connectivity index (χ1v) is 14.1. The van der Waals surface area contributed by atoms with Crippen LogP contribution in [0, 0.1) is 17.0 Å². The average molecular weight is 596 g/mol. The van der Waals surface area contributed by atoms with Crippen LogP contribution in [0.15, 0.2) is 12.1 Å². The highest BCUT2D eigenvalue weighted by molar-refractivity contribution is 5.93. The molecule has 0 radical (unpaired) electrons. The molecule has 236 valence electrons. The smallest absolute Gasteiger partial charge is 0.410 e. The van der Waals surface area contributed by atoms with Crippen LogP contribution >= 0.6 is 0 Å². The van der Waals surface area contributed by atoms with E-state index < -0.39 is 22.1 Å². The first kappa shape index (κ1) is 34.6. The Kier molecular flexibility index (Phi) is 12.0. The third-order valence-corrected chi connectivity index (χ3v) is 6.40. The number of ether oxygens (including phenoxy) is 4. The van der Waals surface area contributed by atoms with Gasteiger partial charge in [-0.1, -0.05) is 0 Å². The molecule has 2 aliphatic rings. The summed E-state index contributed by atoms with van der Waals surface area (Å²) in [5.41, 5.74) is -0.774. The van der Waals surface area contributed by atoms with Crippen molar-refractivity contribution in [2.75, 3.05) is 33.3 Å².